The van der Waals surface area contributed by atoms with E-state index >= 15 is 0 Å². The molecule has 8 nitrogen and oxygen atoms in total. The second kappa shape index (κ2) is 9.63. The van der Waals surface area contributed by atoms with Crippen molar-refractivity contribution in [2.45, 2.75) is 39.5 Å². The summed E-state index contributed by atoms with van der Waals surface area (Å²) in [5, 5.41) is 0. The summed E-state index contributed by atoms with van der Waals surface area (Å²) in [7, 11) is 0. The number of esters is 4. The Hall–Kier alpha value is -2.38. The van der Waals surface area contributed by atoms with Crippen LogP contribution in [-0.2, 0) is 38.1 Å². The second-order valence-electron chi connectivity index (χ2n) is 9.37. The summed E-state index contributed by atoms with van der Waals surface area (Å²) in [6, 6.07) is 0. The first-order valence-electron chi connectivity index (χ1n) is 11.8. The van der Waals surface area contributed by atoms with Gasteiger partial charge in [-0.25, -0.2) is 9.59 Å². The van der Waals surface area contributed by atoms with E-state index in [4.69, 9.17) is 18.9 Å². The highest BCUT2D eigenvalue weighted by Crippen LogP contribution is 2.69. The van der Waals surface area contributed by atoms with Crippen molar-refractivity contribution in [2.24, 2.45) is 47.3 Å². The van der Waals surface area contributed by atoms with Gasteiger partial charge in [0.05, 0.1) is 25.0 Å². The summed E-state index contributed by atoms with van der Waals surface area (Å²) < 4.78 is 20.5. The van der Waals surface area contributed by atoms with Gasteiger partial charge >= 0.3 is 23.9 Å². The molecule has 8 atom stereocenters. The van der Waals surface area contributed by atoms with Gasteiger partial charge in [0.1, 0.15) is 0 Å². The molecular formula is C24H32O8. The number of ether oxygens (including phenoxy) is 4. The van der Waals surface area contributed by atoms with Crippen LogP contribution in [-0.4, -0.2) is 50.3 Å². The van der Waals surface area contributed by atoms with E-state index in [1.54, 1.807) is 0 Å². The lowest BCUT2D eigenvalue weighted by molar-refractivity contribution is -0.173. The highest BCUT2D eigenvalue weighted by Gasteiger charge is 2.68. The van der Waals surface area contributed by atoms with Gasteiger partial charge in [0, 0.05) is 0 Å². The molecule has 4 aliphatic rings. The molecule has 3 saturated carbocycles. The Balaban J connectivity index is 1.44. The smallest absolute Gasteiger partial charge is 0.344 e. The molecule has 0 radical (unpaired) electrons. The number of carbonyl (C=O) groups is 4. The van der Waals surface area contributed by atoms with Gasteiger partial charge < -0.3 is 18.9 Å². The molecule has 0 aromatic heterocycles. The summed E-state index contributed by atoms with van der Waals surface area (Å²) >= 11 is 0. The Bertz CT molecular complexity index is 727. The van der Waals surface area contributed by atoms with Crippen molar-refractivity contribution in [1.29, 1.82) is 0 Å². The lowest BCUT2D eigenvalue weighted by Gasteiger charge is -2.39. The molecule has 0 aromatic carbocycles. The minimum absolute atomic E-state index is 0.0219. The largest absolute Gasteiger partial charge is 0.463 e. The van der Waals surface area contributed by atoms with Crippen LogP contribution in [0.1, 0.15) is 39.5 Å². The van der Waals surface area contributed by atoms with Crippen LogP contribution in [0, 0.1) is 47.3 Å². The van der Waals surface area contributed by atoms with Gasteiger partial charge in [0.25, 0.3) is 0 Å². The first-order valence-corrected chi connectivity index (χ1v) is 11.8. The van der Waals surface area contributed by atoms with E-state index < -0.39 is 48.9 Å². The molecule has 176 valence electrons. The molecule has 8 heteroatoms. The standard InChI is InChI=1S/C24H32O8/c1-3-7-29-17(25)11-31-23(27)21-15-10-16(20-14-6-5-13(9-14)19(15)20)22(21)24(28)32-12-18(26)30-8-4-2/h5-6,13-16,19-22H,3-4,7-12H2,1-2H3. The Labute approximate surface area is 188 Å². The highest BCUT2D eigenvalue weighted by atomic mass is 16.6. The molecule has 8 unspecified atom stereocenters. The summed E-state index contributed by atoms with van der Waals surface area (Å²) in [4.78, 5) is 49.7. The molecule has 0 N–H and O–H groups in total. The molecular weight excluding hydrogens is 416 g/mol. The Morgan fingerprint density at radius 1 is 0.688 bits per heavy atom. The fourth-order valence-corrected chi connectivity index (χ4v) is 6.65. The maximum absolute atomic E-state index is 13.1. The normalized spacial score (nSPS) is 35.4. The summed E-state index contributed by atoms with van der Waals surface area (Å²) in [6.07, 6.45) is 7.69. The lowest BCUT2D eigenvalue weighted by atomic mass is 9.65. The zero-order valence-corrected chi connectivity index (χ0v) is 18.7. The first kappa shape index (κ1) is 22.8. The van der Waals surface area contributed by atoms with Gasteiger partial charge in [0.2, 0.25) is 0 Å². The number of rotatable bonds is 10. The van der Waals surface area contributed by atoms with E-state index in [9.17, 15) is 19.2 Å². The topological polar surface area (TPSA) is 105 Å². The second-order valence-corrected chi connectivity index (χ2v) is 9.37. The van der Waals surface area contributed by atoms with E-state index in [1.807, 2.05) is 13.8 Å². The lowest BCUT2D eigenvalue weighted by Crippen LogP contribution is -2.45. The molecule has 0 aliphatic heterocycles. The Morgan fingerprint density at radius 3 is 1.53 bits per heavy atom. The van der Waals surface area contributed by atoms with E-state index in [0.29, 0.717) is 36.5 Å². The van der Waals surface area contributed by atoms with Crippen molar-refractivity contribution in [3.05, 3.63) is 12.2 Å². The van der Waals surface area contributed by atoms with Gasteiger partial charge in [-0.2, -0.15) is 0 Å². The summed E-state index contributed by atoms with van der Waals surface area (Å²) in [5.74, 6) is -1.98. The summed E-state index contributed by atoms with van der Waals surface area (Å²) in [6.45, 7) is 3.38. The van der Waals surface area contributed by atoms with E-state index in [1.165, 1.54) is 0 Å². The monoisotopic (exact) mass is 448 g/mol. The van der Waals surface area contributed by atoms with Crippen molar-refractivity contribution in [1.82, 2.24) is 0 Å². The number of hydrogen-bond donors (Lipinski definition) is 0. The third kappa shape index (κ3) is 4.16. The van der Waals surface area contributed by atoms with Crippen LogP contribution in [0.4, 0.5) is 0 Å². The van der Waals surface area contributed by atoms with Crippen molar-refractivity contribution < 1.29 is 38.1 Å². The fraction of sp³-hybridized carbons (Fsp3) is 0.750. The van der Waals surface area contributed by atoms with Crippen molar-refractivity contribution in [3.8, 4) is 0 Å². The molecule has 32 heavy (non-hydrogen) atoms. The average Bonchev–Trinajstić information content (AvgIpc) is 3.56. The number of carbonyl (C=O) groups excluding carboxylic acids is 4. The molecule has 3 fully saturated rings. The van der Waals surface area contributed by atoms with E-state index in [2.05, 4.69) is 12.2 Å². The molecule has 0 aromatic rings. The van der Waals surface area contributed by atoms with Crippen molar-refractivity contribution in [3.63, 3.8) is 0 Å². The van der Waals surface area contributed by atoms with Crippen molar-refractivity contribution in [2.75, 3.05) is 26.4 Å². The maximum atomic E-state index is 13.1. The van der Waals surface area contributed by atoms with Gasteiger partial charge in [0.15, 0.2) is 13.2 Å². The zero-order valence-electron chi connectivity index (χ0n) is 18.7. The van der Waals surface area contributed by atoms with Crippen LogP contribution in [0.5, 0.6) is 0 Å². The molecule has 0 amide bonds. The third-order valence-corrected chi connectivity index (χ3v) is 7.57. The van der Waals surface area contributed by atoms with Crippen LogP contribution in [0.25, 0.3) is 0 Å². The van der Waals surface area contributed by atoms with Crippen LogP contribution >= 0.6 is 0 Å². The van der Waals surface area contributed by atoms with Crippen LogP contribution in [0.2, 0.25) is 0 Å². The fourth-order valence-electron chi connectivity index (χ4n) is 6.65. The van der Waals surface area contributed by atoms with Gasteiger partial charge in [-0.3, -0.25) is 9.59 Å². The van der Waals surface area contributed by atoms with Crippen LogP contribution in [0.15, 0.2) is 12.2 Å². The van der Waals surface area contributed by atoms with E-state index in [0.717, 1.165) is 12.8 Å². The van der Waals surface area contributed by atoms with Crippen LogP contribution < -0.4 is 0 Å². The molecule has 4 rings (SSSR count). The number of hydrogen-bond acceptors (Lipinski definition) is 8. The Morgan fingerprint density at radius 2 is 1.12 bits per heavy atom. The zero-order chi connectivity index (χ0) is 22.8. The van der Waals surface area contributed by atoms with Crippen LogP contribution in [0.3, 0.4) is 0 Å². The molecule has 0 spiro atoms. The summed E-state index contributed by atoms with van der Waals surface area (Å²) in [5.41, 5.74) is 0. The molecule has 0 heterocycles. The first-order chi connectivity index (χ1) is 15.5. The molecule has 0 saturated heterocycles. The number of fused-ring (bicyclic) bond motifs is 9. The highest BCUT2D eigenvalue weighted by molar-refractivity contribution is 5.86. The number of allylic oxidation sites excluding steroid dienone is 2. The molecule has 4 aliphatic carbocycles. The van der Waals surface area contributed by atoms with Gasteiger partial charge in [-0.15, -0.1) is 0 Å². The average molecular weight is 449 g/mol. The predicted octanol–water partition coefficient (Wildman–Crippen LogP) is 2.30. The SMILES string of the molecule is CCCOC(=O)COC(=O)C1C2CC(C1C(=O)OCC(=O)OCCC)C1C3C=CC(C3)C21. The van der Waals surface area contributed by atoms with Crippen molar-refractivity contribution >= 4 is 23.9 Å². The van der Waals surface area contributed by atoms with Gasteiger partial charge in [-0.05, 0) is 61.2 Å². The minimum Gasteiger partial charge on any atom is -0.463 e. The van der Waals surface area contributed by atoms with Gasteiger partial charge in [-0.1, -0.05) is 26.0 Å². The molecule has 4 bridgehead atoms. The maximum Gasteiger partial charge on any atom is 0.344 e. The third-order valence-electron chi connectivity index (χ3n) is 7.57. The minimum atomic E-state index is -0.660. The quantitative estimate of drug-likeness (QED) is 0.217. The predicted molar refractivity (Wildman–Crippen MR) is 111 cm³/mol. The van der Waals surface area contributed by atoms with E-state index in [-0.39, 0.29) is 25.0 Å². The Kier molecular flexibility index (Phi) is 6.86.